The van der Waals surface area contributed by atoms with E-state index in [1.807, 2.05) is 25.1 Å². The van der Waals surface area contributed by atoms with E-state index in [2.05, 4.69) is 45.2 Å². The zero-order valence-corrected chi connectivity index (χ0v) is 21.2. The zero-order valence-electron chi connectivity index (χ0n) is 16.1. The second-order valence-electron chi connectivity index (χ2n) is 6.45. The summed E-state index contributed by atoms with van der Waals surface area (Å²) in [6.07, 6.45) is 1.83. The van der Waals surface area contributed by atoms with Gasteiger partial charge in [-0.1, -0.05) is 0 Å². The topological polar surface area (TPSA) is 75.9 Å². The van der Waals surface area contributed by atoms with Crippen molar-refractivity contribution in [3.05, 3.63) is 70.5 Å². The minimum Gasteiger partial charge on any atom is -0.487 e. The van der Waals surface area contributed by atoms with Crippen LogP contribution in [-0.4, -0.2) is 39.3 Å². The summed E-state index contributed by atoms with van der Waals surface area (Å²) in [5.41, 5.74) is 2.30. The Morgan fingerprint density at radius 1 is 1.20 bits per heavy atom. The fourth-order valence-corrected chi connectivity index (χ4v) is 5.36. The van der Waals surface area contributed by atoms with Gasteiger partial charge in [-0.15, -0.1) is 0 Å². The van der Waals surface area contributed by atoms with Gasteiger partial charge < -0.3 is 9.64 Å². The summed E-state index contributed by atoms with van der Waals surface area (Å²) in [5.74, 6) is 0.627. The molecule has 0 spiro atoms. The van der Waals surface area contributed by atoms with Crippen molar-refractivity contribution < 1.29 is 14.5 Å². The van der Waals surface area contributed by atoms with Crippen LogP contribution in [0.4, 0.5) is 5.69 Å². The molecule has 0 unspecified atom stereocenters. The summed E-state index contributed by atoms with van der Waals surface area (Å²) in [7, 11) is 1.79. The van der Waals surface area contributed by atoms with Crippen LogP contribution in [-0.2, 0) is 11.4 Å². The second kappa shape index (κ2) is 9.56. The first kappa shape index (κ1) is 22.9. The summed E-state index contributed by atoms with van der Waals surface area (Å²) in [6, 6.07) is 10.2. The molecule has 0 aromatic heterocycles. The maximum atomic E-state index is 12.6. The van der Waals surface area contributed by atoms with E-state index < -0.39 is 4.92 Å². The first-order valence-corrected chi connectivity index (χ1v) is 11.5. The molecule has 1 aliphatic heterocycles. The number of hydrogen-bond donors (Lipinski definition) is 0. The second-order valence-corrected chi connectivity index (χ2v) is 9.14. The Morgan fingerprint density at radius 2 is 1.80 bits per heavy atom. The summed E-state index contributed by atoms with van der Waals surface area (Å²) < 4.78 is 7.76. The van der Waals surface area contributed by atoms with Gasteiger partial charge in [0.25, 0.3) is 11.6 Å². The monoisotopic (exact) mass is 649 g/mol. The molecule has 0 N–H and O–H groups in total. The predicted molar refractivity (Wildman–Crippen MR) is 135 cm³/mol. The number of nitro groups is 1. The first-order chi connectivity index (χ1) is 14.2. The molecule has 156 valence electrons. The Balaban J connectivity index is 1.79. The molecule has 1 fully saturated rings. The Labute approximate surface area is 206 Å². The number of rotatable bonds is 6. The lowest BCUT2D eigenvalue weighted by Gasteiger charge is -2.14. The van der Waals surface area contributed by atoms with Crippen LogP contribution in [0.15, 0.2) is 42.1 Å². The van der Waals surface area contributed by atoms with Crippen molar-refractivity contribution in [2.75, 3.05) is 13.6 Å². The Bertz CT molecular complexity index is 1030. The highest BCUT2D eigenvalue weighted by molar-refractivity contribution is 14.1. The van der Waals surface area contributed by atoms with Gasteiger partial charge in [-0.05, 0) is 106 Å². The highest BCUT2D eigenvalue weighted by Gasteiger charge is 2.34. The van der Waals surface area contributed by atoms with Crippen LogP contribution in [0, 0.1) is 17.3 Å². The van der Waals surface area contributed by atoms with Crippen LogP contribution in [0.5, 0.6) is 5.75 Å². The molecule has 2 aromatic rings. The summed E-state index contributed by atoms with van der Waals surface area (Å²) >= 11 is 9.73. The van der Waals surface area contributed by atoms with Crippen molar-refractivity contribution in [1.29, 1.82) is 0 Å². The van der Waals surface area contributed by atoms with E-state index in [0.717, 1.165) is 24.0 Å². The quantitative estimate of drug-likeness (QED) is 0.147. The lowest BCUT2D eigenvalue weighted by atomic mass is 10.1. The highest BCUT2D eigenvalue weighted by Crippen LogP contribution is 2.31. The maximum Gasteiger partial charge on any atom is 0.276 e. The van der Waals surface area contributed by atoms with Crippen molar-refractivity contribution in [3.63, 3.8) is 0 Å². The van der Waals surface area contributed by atoms with Crippen LogP contribution in [0.25, 0.3) is 6.08 Å². The average Bonchev–Trinajstić information content (AvgIpc) is 2.90. The van der Waals surface area contributed by atoms with Crippen LogP contribution < -0.4 is 4.74 Å². The number of ether oxygens (including phenoxy) is 1. The minimum atomic E-state index is -0.428. The number of amides is 1. The van der Waals surface area contributed by atoms with Crippen LogP contribution >= 0.6 is 57.4 Å². The van der Waals surface area contributed by atoms with E-state index in [-0.39, 0.29) is 11.6 Å². The average molecular weight is 649 g/mol. The van der Waals surface area contributed by atoms with Gasteiger partial charge in [-0.3, -0.25) is 19.8 Å². The molecule has 1 aliphatic rings. The van der Waals surface area contributed by atoms with Crippen LogP contribution in [0.1, 0.15) is 18.1 Å². The molecule has 0 bridgehead atoms. The molecule has 3 rings (SSSR count). The fraction of sp³-hybridized carbons (Fsp3) is 0.200. The van der Waals surface area contributed by atoms with E-state index >= 15 is 0 Å². The van der Waals surface area contributed by atoms with Crippen LogP contribution in [0.2, 0.25) is 0 Å². The number of thiocarbonyl (C=S) groups is 1. The molecule has 0 radical (unpaired) electrons. The number of nitro benzene ring substituents is 1. The molecule has 0 atom stereocenters. The lowest BCUT2D eigenvalue weighted by molar-refractivity contribution is -0.384. The van der Waals surface area contributed by atoms with Crippen molar-refractivity contribution in [3.8, 4) is 5.75 Å². The van der Waals surface area contributed by atoms with Gasteiger partial charge in [0.15, 0.2) is 5.11 Å². The highest BCUT2D eigenvalue weighted by atomic mass is 127. The van der Waals surface area contributed by atoms with Crippen molar-refractivity contribution in [1.82, 2.24) is 9.80 Å². The van der Waals surface area contributed by atoms with Gasteiger partial charge in [-0.2, -0.15) is 0 Å². The SMILES string of the molecule is CCN1C(=O)/C(=C/c2cc(I)c(OCc3ccc([N+](=O)[O-])cc3)c(I)c2)N(C)C1=S. The third kappa shape index (κ3) is 4.75. The number of carbonyl (C=O) groups is 1. The molecule has 1 saturated heterocycles. The summed E-state index contributed by atoms with van der Waals surface area (Å²) in [4.78, 5) is 26.2. The van der Waals surface area contributed by atoms with Crippen molar-refractivity contribution in [2.24, 2.45) is 0 Å². The largest absolute Gasteiger partial charge is 0.487 e. The van der Waals surface area contributed by atoms with E-state index in [9.17, 15) is 14.9 Å². The van der Waals surface area contributed by atoms with Gasteiger partial charge in [0.2, 0.25) is 0 Å². The van der Waals surface area contributed by atoms with E-state index in [4.69, 9.17) is 17.0 Å². The number of nitrogens with zero attached hydrogens (tertiary/aromatic N) is 3. The third-order valence-corrected chi connectivity index (χ3v) is 6.61. The fourth-order valence-electron chi connectivity index (χ4n) is 2.92. The van der Waals surface area contributed by atoms with E-state index in [1.165, 1.54) is 12.1 Å². The van der Waals surface area contributed by atoms with Crippen LogP contribution in [0.3, 0.4) is 0 Å². The molecular weight excluding hydrogens is 632 g/mol. The molecule has 0 saturated carbocycles. The molecule has 30 heavy (non-hydrogen) atoms. The third-order valence-electron chi connectivity index (χ3n) is 4.51. The zero-order chi connectivity index (χ0) is 22.0. The first-order valence-electron chi connectivity index (χ1n) is 8.89. The van der Waals surface area contributed by atoms with Gasteiger partial charge in [0.1, 0.15) is 18.1 Å². The number of non-ortho nitro benzene ring substituents is 1. The van der Waals surface area contributed by atoms with Gasteiger partial charge in [0.05, 0.1) is 12.1 Å². The molecule has 1 amide bonds. The Hall–Kier alpha value is -1.80. The summed E-state index contributed by atoms with van der Waals surface area (Å²) in [5, 5.41) is 11.3. The standard InChI is InChI=1S/C20H17I2N3O4S/c1-3-24-19(26)17(23(2)20(24)30)10-13-8-15(21)18(16(22)9-13)29-11-12-4-6-14(7-5-12)25(27)28/h4-10H,3,11H2,1-2H3/b17-10-. The Kier molecular flexibility index (Phi) is 7.29. The molecule has 7 nitrogen and oxygen atoms in total. The normalized spacial score (nSPS) is 15.3. The van der Waals surface area contributed by atoms with Crippen molar-refractivity contribution >= 4 is 80.2 Å². The number of likely N-dealkylation sites (N-methyl/N-ethyl adjacent to an activating group) is 2. The molecule has 0 aliphatic carbocycles. The maximum absolute atomic E-state index is 12.6. The molecule has 10 heteroatoms. The number of halogens is 2. The lowest BCUT2D eigenvalue weighted by Crippen LogP contribution is -2.30. The predicted octanol–water partition coefficient (Wildman–Crippen LogP) is 4.80. The molecular formula is C20H17I2N3O4S. The van der Waals surface area contributed by atoms with Gasteiger partial charge in [0, 0.05) is 25.7 Å². The molecule has 2 aromatic carbocycles. The molecule has 1 heterocycles. The van der Waals surface area contributed by atoms with Gasteiger partial charge in [-0.25, -0.2) is 0 Å². The minimum absolute atomic E-state index is 0.0489. The van der Waals surface area contributed by atoms with E-state index in [1.54, 1.807) is 29.0 Å². The number of benzene rings is 2. The number of hydrogen-bond acceptors (Lipinski definition) is 5. The summed E-state index contributed by atoms with van der Waals surface area (Å²) in [6.45, 7) is 2.72. The Morgan fingerprint density at radius 3 is 2.30 bits per heavy atom. The smallest absolute Gasteiger partial charge is 0.276 e. The van der Waals surface area contributed by atoms with Crippen molar-refractivity contribution in [2.45, 2.75) is 13.5 Å². The van der Waals surface area contributed by atoms with Gasteiger partial charge >= 0.3 is 0 Å². The van der Waals surface area contributed by atoms with E-state index in [0.29, 0.717) is 24.0 Å². The number of carbonyl (C=O) groups excluding carboxylic acids is 1.